The summed E-state index contributed by atoms with van der Waals surface area (Å²) in [6.07, 6.45) is 2.99. The monoisotopic (exact) mass is 460 g/mol. The highest BCUT2D eigenvalue weighted by Crippen LogP contribution is 2.43. The summed E-state index contributed by atoms with van der Waals surface area (Å²) in [5.41, 5.74) is 1.23. The molecule has 0 unspecified atom stereocenters. The fraction of sp³-hybridized carbons (Fsp3) is 0.435. The van der Waals surface area contributed by atoms with E-state index in [0.717, 1.165) is 47.4 Å². The van der Waals surface area contributed by atoms with Crippen LogP contribution in [0.15, 0.2) is 52.2 Å². The lowest BCUT2D eigenvalue weighted by Crippen LogP contribution is -2.44. The van der Waals surface area contributed by atoms with E-state index in [0.29, 0.717) is 17.7 Å². The fourth-order valence-electron chi connectivity index (χ4n) is 4.31. The number of rotatable bonds is 7. The highest BCUT2D eigenvalue weighted by molar-refractivity contribution is 7.89. The molecule has 1 aliphatic rings. The molecule has 8 heteroatoms. The first-order chi connectivity index (χ1) is 14.8. The van der Waals surface area contributed by atoms with Crippen LogP contribution in [-0.4, -0.2) is 18.6 Å². The molecule has 3 aromatic rings. The molecule has 166 valence electrons. The van der Waals surface area contributed by atoms with E-state index in [-0.39, 0.29) is 15.8 Å². The molecule has 1 aliphatic heterocycles. The molecule has 4 rings (SSSR count). The van der Waals surface area contributed by atoms with Crippen molar-refractivity contribution >= 4 is 31.6 Å². The SMILES string of the molecule is CCCn1c(=O)sc2cc(S(=O)(=O)N[C@@H]3CC(CC)(CC)Oc4ccccc43)ccc21. The number of nitrogens with zero attached hydrogens (tertiary/aromatic N) is 1. The molecular weight excluding hydrogens is 432 g/mol. The van der Waals surface area contributed by atoms with Gasteiger partial charge in [-0.2, -0.15) is 0 Å². The molecule has 0 saturated carbocycles. The van der Waals surface area contributed by atoms with Crippen LogP contribution in [0.25, 0.3) is 10.2 Å². The van der Waals surface area contributed by atoms with Crippen molar-refractivity contribution in [2.24, 2.45) is 0 Å². The van der Waals surface area contributed by atoms with Crippen molar-refractivity contribution in [1.82, 2.24) is 9.29 Å². The van der Waals surface area contributed by atoms with Gasteiger partial charge in [-0.1, -0.05) is 50.3 Å². The van der Waals surface area contributed by atoms with Gasteiger partial charge in [0.25, 0.3) is 0 Å². The van der Waals surface area contributed by atoms with Gasteiger partial charge in [-0.15, -0.1) is 0 Å². The van der Waals surface area contributed by atoms with Crippen molar-refractivity contribution in [3.05, 3.63) is 57.7 Å². The lowest BCUT2D eigenvalue weighted by Gasteiger charge is -2.41. The average Bonchev–Trinajstić information content (AvgIpc) is 3.08. The fourth-order valence-corrected chi connectivity index (χ4v) is 6.58. The summed E-state index contributed by atoms with van der Waals surface area (Å²) in [6, 6.07) is 12.2. The largest absolute Gasteiger partial charge is 0.487 e. The van der Waals surface area contributed by atoms with Gasteiger partial charge < -0.3 is 4.74 Å². The number of ether oxygens (including phenoxy) is 1. The van der Waals surface area contributed by atoms with E-state index in [1.807, 2.05) is 31.2 Å². The Labute approximate surface area is 186 Å². The van der Waals surface area contributed by atoms with Crippen LogP contribution >= 0.6 is 11.3 Å². The maximum Gasteiger partial charge on any atom is 0.308 e. The highest BCUT2D eigenvalue weighted by atomic mass is 32.2. The second kappa shape index (κ2) is 8.41. The summed E-state index contributed by atoms with van der Waals surface area (Å²) < 4.78 is 38.3. The molecule has 2 heterocycles. The molecule has 1 atom stereocenters. The van der Waals surface area contributed by atoms with Gasteiger partial charge in [0.15, 0.2) is 0 Å². The Balaban J connectivity index is 1.70. The predicted octanol–water partition coefficient (Wildman–Crippen LogP) is 4.83. The second-order valence-corrected chi connectivity index (χ2v) is 10.8. The molecule has 0 spiro atoms. The topological polar surface area (TPSA) is 77.4 Å². The van der Waals surface area contributed by atoms with Crippen molar-refractivity contribution in [3.63, 3.8) is 0 Å². The number of hydrogen-bond acceptors (Lipinski definition) is 5. The Morgan fingerprint density at radius 1 is 1.16 bits per heavy atom. The molecule has 31 heavy (non-hydrogen) atoms. The average molecular weight is 461 g/mol. The van der Waals surface area contributed by atoms with Gasteiger partial charge in [-0.25, -0.2) is 13.1 Å². The maximum atomic E-state index is 13.3. The number of sulfonamides is 1. The molecule has 0 fully saturated rings. The van der Waals surface area contributed by atoms with Crippen LogP contribution in [0.5, 0.6) is 5.75 Å². The van der Waals surface area contributed by atoms with Crippen LogP contribution < -0.4 is 14.3 Å². The first kappa shape index (κ1) is 22.0. The van der Waals surface area contributed by atoms with E-state index >= 15 is 0 Å². The minimum Gasteiger partial charge on any atom is -0.487 e. The standard InChI is InChI=1S/C23H28N2O4S2/c1-4-13-25-19-12-11-16(14-21(19)30-22(25)26)31(27,28)24-18-15-23(5-2,6-3)29-20-10-8-7-9-17(18)20/h7-12,14,18,24H,4-6,13,15H2,1-3H3/t18-/m1/s1. The third kappa shape index (κ3) is 4.04. The van der Waals surface area contributed by atoms with E-state index in [1.54, 1.807) is 22.8 Å². The van der Waals surface area contributed by atoms with Crippen LogP contribution in [0.3, 0.4) is 0 Å². The molecule has 0 aliphatic carbocycles. The van der Waals surface area contributed by atoms with E-state index in [2.05, 4.69) is 18.6 Å². The van der Waals surface area contributed by atoms with Crippen molar-refractivity contribution in [1.29, 1.82) is 0 Å². The van der Waals surface area contributed by atoms with Gasteiger partial charge in [0.05, 0.1) is 21.2 Å². The van der Waals surface area contributed by atoms with Crippen LogP contribution in [-0.2, 0) is 16.6 Å². The molecule has 0 radical (unpaired) electrons. The van der Waals surface area contributed by atoms with Gasteiger partial charge in [0, 0.05) is 18.5 Å². The van der Waals surface area contributed by atoms with Crippen LogP contribution in [0.4, 0.5) is 0 Å². The molecule has 1 aromatic heterocycles. The second-order valence-electron chi connectivity index (χ2n) is 8.06. The first-order valence-corrected chi connectivity index (χ1v) is 13.1. The van der Waals surface area contributed by atoms with Gasteiger partial charge >= 0.3 is 4.87 Å². The Morgan fingerprint density at radius 3 is 2.61 bits per heavy atom. The maximum absolute atomic E-state index is 13.3. The number of thiazole rings is 1. The number of nitrogens with one attached hydrogen (secondary N) is 1. The Bertz CT molecular complexity index is 1260. The Hall–Kier alpha value is -2.16. The van der Waals surface area contributed by atoms with Gasteiger partial charge in [-0.3, -0.25) is 9.36 Å². The number of aromatic nitrogens is 1. The summed E-state index contributed by atoms with van der Waals surface area (Å²) >= 11 is 1.09. The zero-order valence-electron chi connectivity index (χ0n) is 18.1. The van der Waals surface area contributed by atoms with Gasteiger partial charge in [-0.05, 0) is 43.5 Å². The Morgan fingerprint density at radius 2 is 1.90 bits per heavy atom. The quantitative estimate of drug-likeness (QED) is 0.548. The minimum atomic E-state index is -3.79. The first-order valence-electron chi connectivity index (χ1n) is 10.8. The molecule has 1 N–H and O–H groups in total. The van der Waals surface area contributed by atoms with Crippen molar-refractivity contribution < 1.29 is 13.2 Å². The lowest BCUT2D eigenvalue weighted by atomic mass is 9.84. The molecule has 0 bridgehead atoms. The smallest absolute Gasteiger partial charge is 0.308 e. The third-order valence-corrected chi connectivity index (χ3v) is 8.59. The molecule has 2 aromatic carbocycles. The van der Waals surface area contributed by atoms with Crippen molar-refractivity contribution in [2.75, 3.05) is 0 Å². The summed E-state index contributed by atoms with van der Waals surface area (Å²) in [7, 11) is -3.79. The molecule has 0 saturated heterocycles. The van der Waals surface area contributed by atoms with E-state index in [9.17, 15) is 13.2 Å². The van der Waals surface area contributed by atoms with Crippen molar-refractivity contribution in [3.8, 4) is 5.75 Å². The van der Waals surface area contributed by atoms with Crippen LogP contribution in [0, 0.1) is 0 Å². The van der Waals surface area contributed by atoms with Gasteiger partial charge in [0.1, 0.15) is 11.4 Å². The zero-order valence-corrected chi connectivity index (χ0v) is 19.7. The van der Waals surface area contributed by atoms with Crippen molar-refractivity contribution in [2.45, 2.75) is 69.5 Å². The number of para-hydroxylation sites is 1. The van der Waals surface area contributed by atoms with Gasteiger partial charge in [0.2, 0.25) is 10.0 Å². The summed E-state index contributed by atoms with van der Waals surface area (Å²) in [4.78, 5) is 12.4. The van der Waals surface area contributed by atoms with Crippen LogP contribution in [0.1, 0.15) is 58.1 Å². The number of aryl methyl sites for hydroxylation is 1. The molecule has 0 amide bonds. The normalized spacial score (nSPS) is 18.0. The van der Waals surface area contributed by atoms with Crippen LogP contribution in [0.2, 0.25) is 0 Å². The lowest BCUT2D eigenvalue weighted by molar-refractivity contribution is 0.0260. The number of benzene rings is 2. The highest BCUT2D eigenvalue weighted by Gasteiger charge is 2.40. The minimum absolute atomic E-state index is 0.0617. The van der Waals surface area contributed by atoms with E-state index < -0.39 is 15.6 Å². The van der Waals surface area contributed by atoms with E-state index in [1.165, 1.54) is 0 Å². The summed E-state index contributed by atoms with van der Waals surface area (Å²) in [5.74, 6) is 0.732. The summed E-state index contributed by atoms with van der Waals surface area (Å²) in [6.45, 7) is 6.77. The summed E-state index contributed by atoms with van der Waals surface area (Å²) in [5, 5.41) is 0. The zero-order chi connectivity index (χ0) is 22.2. The molecule has 6 nitrogen and oxygen atoms in total. The number of hydrogen-bond donors (Lipinski definition) is 1. The third-order valence-electron chi connectivity index (χ3n) is 6.18. The Kier molecular flexibility index (Phi) is 5.98. The number of fused-ring (bicyclic) bond motifs is 2. The molecular formula is C23H28N2O4S2. The van der Waals surface area contributed by atoms with E-state index in [4.69, 9.17) is 4.74 Å². The predicted molar refractivity (Wildman–Crippen MR) is 124 cm³/mol.